The largest absolute Gasteiger partial charge is 0.340 e. The average molecular weight is 366 g/mol. The molecule has 3 rings (SSSR count). The third-order valence-electron chi connectivity index (χ3n) is 5.07. The van der Waals surface area contributed by atoms with Crippen LogP contribution in [-0.2, 0) is 11.2 Å². The van der Waals surface area contributed by atoms with E-state index in [1.807, 2.05) is 30.3 Å². The lowest BCUT2D eigenvalue weighted by atomic mass is 9.90. The number of piperazine rings is 1. The maximum absolute atomic E-state index is 13.4. The van der Waals surface area contributed by atoms with E-state index in [0.717, 1.165) is 43.9 Å². The first kappa shape index (κ1) is 19.6. The Bertz CT molecular complexity index is 716. The van der Waals surface area contributed by atoms with Crippen molar-refractivity contribution in [2.75, 3.05) is 32.7 Å². The molecule has 1 fully saturated rings. The van der Waals surface area contributed by atoms with Crippen LogP contribution in [0.4, 0.5) is 0 Å². The number of carbonyl (C=O) groups is 1. The van der Waals surface area contributed by atoms with Crippen LogP contribution in [-0.4, -0.2) is 53.4 Å². The lowest BCUT2D eigenvalue weighted by Crippen LogP contribution is -2.51. The quantitative estimate of drug-likeness (QED) is 0.812. The maximum atomic E-state index is 13.4. The van der Waals surface area contributed by atoms with Crippen molar-refractivity contribution in [2.45, 2.75) is 33.1 Å². The predicted octanol–water partition coefficient (Wildman–Crippen LogP) is 3.60. The molecule has 2 heterocycles. The zero-order valence-corrected chi connectivity index (χ0v) is 16.8. The maximum Gasteiger partial charge on any atom is 0.230 e. The first-order valence-electron chi connectivity index (χ1n) is 9.87. The highest BCUT2D eigenvalue weighted by Gasteiger charge is 2.29. The van der Waals surface area contributed by atoms with Crippen molar-refractivity contribution in [3.63, 3.8) is 0 Å². The molecule has 0 aliphatic carbocycles. The van der Waals surface area contributed by atoms with Gasteiger partial charge in [0.15, 0.2) is 0 Å². The van der Waals surface area contributed by atoms with Crippen LogP contribution in [0.1, 0.15) is 37.8 Å². The number of amides is 1. The summed E-state index contributed by atoms with van der Waals surface area (Å²) in [5.41, 5.74) is 2.54. The fourth-order valence-electron chi connectivity index (χ4n) is 3.81. The van der Waals surface area contributed by atoms with Gasteiger partial charge >= 0.3 is 0 Å². The van der Waals surface area contributed by atoms with Gasteiger partial charge in [-0.05, 0) is 35.1 Å². The first-order chi connectivity index (χ1) is 12.9. The molecular formula is C23H31N3O. The Labute approximate surface area is 163 Å². The van der Waals surface area contributed by atoms with E-state index in [1.54, 1.807) is 12.4 Å². The summed E-state index contributed by atoms with van der Waals surface area (Å²) in [4.78, 5) is 22.0. The standard InChI is InChI=1S/C23H31N3O/c1-23(2,3)18-25-13-15-26(16-14-25)22(27)21(20-7-5-4-6-8-20)17-19-9-11-24-12-10-19/h4-12,21H,13-18H2,1-3H3. The molecule has 0 radical (unpaired) electrons. The molecule has 2 aromatic rings. The van der Waals surface area contributed by atoms with Crippen LogP contribution in [0.2, 0.25) is 0 Å². The molecule has 0 bridgehead atoms. The molecule has 0 spiro atoms. The van der Waals surface area contributed by atoms with Gasteiger partial charge in [-0.1, -0.05) is 51.1 Å². The van der Waals surface area contributed by atoms with Crippen molar-refractivity contribution in [2.24, 2.45) is 5.41 Å². The van der Waals surface area contributed by atoms with Gasteiger partial charge in [-0.15, -0.1) is 0 Å². The Kier molecular flexibility index (Phi) is 6.27. The van der Waals surface area contributed by atoms with E-state index in [9.17, 15) is 4.79 Å². The Morgan fingerprint density at radius 2 is 1.63 bits per heavy atom. The highest BCUT2D eigenvalue weighted by atomic mass is 16.2. The Morgan fingerprint density at radius 3 is 2.22 bits per heavy atom. The fourth-order valence-corrected chi connectivity index (χ4v) is 3.81. The summed E-state index contributed by atoms with van der Waals surface area (Å²) >= 11 is 0. The minimum absolute atomic E-state index is 0.136. The normalized spacial score (nSPS) is 16.9. The summed E-state index contributed by atoms with van der Waals surface area (Å²) in [7, 11) is 0. The third kappa shape index (κ3) is 5.64. The van der Waals surface area contributed by atoms with Crippen LogP contribution < -0.4 is 0 Å². The number of carbonyl (C=O) groups excluding carboxylic acids is 1. The lowest BCUT2D eigenvalue weighted by molar-refractivity contribution is -0.134. The van der Waals surface area contributed by atoms with E-state index in [4.69, 9.17) is 0 Å². The number of aromatic nitrogens is 1. The highest BCUT2D eigenvalue weighted by molar-refractivity contribution is 5.84. The van der Waals surface area contributed by atoms with Crippen molar-refractivity contribution in [1.82, 2.24) is 14.8 Å². The third-order valence-corrected chi connectivity index (χ3v) is 5.07. The number of hydrogen-bond donors (Lipinski definition) is 0. The minimum Gasteiger partial charge on any atom is -0.340 e. The SMILES string of the molecule is CC(C)(C)CN1CCN(C(=O)C(Cc2ccncc2)c2ccccc2)CC1. The number of benzene rings is 1. The summed E-state index contributed by atoms with van der Waals surface area (Å²) in [6.07, 6.45) is 4.31. The van der Waals surface area contributed by atoms with Gasteiger partial charge in [0.2, 0.25) is 5.91 Å². The fraction of sp³-hybridized carbons (Fsp3) is 0.478. The summed E-state index contributed by atoms with van der Waals surface area (Å²) in [5.74, 6) is 0.108. The number of hydrogen-bond acceptors (Lipinski definition) is 3. The van der Waals surface area contributed by atoms with E-state index in [-0.39, 0.29) is 11.8 Å². The molecule has 27 heavy (non-hydrogen) atoms. The monoisotopic (exact) mass is 365 g/mol. The topological polar surface area (TPSA) is 36.4 Å². The molecule has 1 saturated heterocycles. The summed E-state index contributed by atoms with van der Waals surface area (Å²) in [6, 6.07) is 14.2. The van der Waals surface area contributed by atoms with Crippen molar-refractivity contribution in [3.8, 4) is 0 Å². The van der Waals surface area contributed by atoms with Crippen molar-refractivity contribution in [3.05, 3.63) is 66.0 Å². The number of pyridine rings is 1. The minimum atomic E-state index is -0.136. The lowest BCUT2D eigenvalue weighted by Gasteiger charge is -2.39. The molecule has 1 aromatic heterocycles. The average Bonchev–Trinajstić information content (AvgIpc) is 2.66. The van der Waals surface area contributed by atoms with Crippen molar-refractivity contribution < 1.29 is 4.79 Å². The molecule has 144 valence electrons. The van der Waals surface area contributed by atoms with Gasteiger partial charge in [0.1, 0.15) is 0 Å². The Morgan fingerprint density at radius 1 is 1.00 bits per heavy atom. The van der Waals surface area contributed by atoms with Gasteiger partial charge < -0.3 is 4.90 Å². The van der Waals surface area contributed by atoms with E-state index >= 15 is 0 Å². The zero-order chi connectivity index (χ0) is 19.3. The zero-order valence-electron chi connectivity index (χ0n) is 16.8. The number of nitrogens with zero attached hydrogens (tertiary/aromatic N) is 3. The van der Waals surface area contributed by atoms with E-state index in [2.05, 4.69) is 47.7 Å². The molecular weight excluding hydrogens is 334 g/mol. The van der Waals surface area contributed by atoms with Crippen LogP contribution in [0.15, 0.2) is 54.9 Å². The van der Waals surface area contributed by atoms with Crippen LogP contribution in [0, 0.1) is 5.41 Å². The van der Waals surface area contributed by atoms with Crippen LogP contribution in [0.3, 0.4) is 0 Å². The molecule has 0 saturated carbocycles. The van der Waals surface area contributed by atoms with Gasteiger partial charge in [0.25, 0.3) is 0 Å². The molecule has 1 atom stereocenters. The van der Waals surface area contributed by atoms with E-state index in [0.29, 0.717) is 11.8 Å². The van der Waals surface area contributed by atoms with Crippen LogP contribution in [0.25, 0.3) is 0 Å². The Hall–Kier alpha value is -2.20. The molecule has 1 aliphatic rings. The number of rotatable bonds is 5. The second kappa shape index (κ2) is 8.66. The Balaban J connectivity index is 1.70. The van der Waals surface area contributed by atoms with Crippen molar-refractivity contribution >= 4 is 5.91 Å². The molecule has 4 nitrogen and oxygen atoms in total. The first-order valence-corrected chi connectivity index (χ1v) is 9.87. The summed E-state index contributed by atoms with van der Waals surface area (Å²) in [5, 5.41) is 0. The van der Waals surface area contributed by atoms with Gasteiger partial charge in [0.05, 0.1) is 5.92 Å². The van der Waals surface area contributed by atoms with Gasteiger partial charge in [-0.25, -0.2) is 0 Å². The molecule has 1 aliphatic heterocycles. The van der Waals surface area contributed by atoms with Gasteiger partial charge in [0, 0.05) is 45.1 Å². The smallest absolute Gasteiger partial charge is 0.230 e. The molecule has 1 aromatic carbocycles. The van der Waals surface area contributed by atoms with Gasteiger partial charge in [-0.2, -0.15) is 0 Å². The summed E-state index contributed by atoms with van der Waals surface area (Å²) in [6.45, 7) is 11.4. The van der Waals surface area contributed by atoms with Crippen molar-refractivity contribution in [1.29, 1.82) is 0 Å². The second-order valence-corrected chi connectivity index (χ2v) is 8.68. The van der Waals surface area contributed by atoms with Crippen LogP contribution in [0.5, 0.6) is 0 Å². The van der Waals surface area contributed by atoms with Crippen LogP contribution >= 0.6 is 0 Å². The summed E-state index contributed by atoms with van der Waals surface area (Å²) < 4.78 is 0. The second-order valence-electron chi connectivity index (χ2n) is 8.68. The van der Waals surface area contributed by atoms with Gasteiger partial charge in [-0.3, -0.25) is 14.7 Å². The van der Waals surface area contributed by atoms with E-state index < -0.39 is 0 Å². The predicted molar refractivity (Wildman–Crippen MR) is 110 cm³/mol. The molecule has 1 unspecified atom stereocenters. The molecule has 4 heteroatoms. The molecule has 1 amide bonds. The molecule has 0 N–H and O–H groups in total. The van der Waals surface area contributed by atoms with E-state index in [1.165, 1.54) is 0 Å². The highest BCUT2D eigenvalue weighted by Crippen LogP contribution is 2.24.